The van der Waals surface area contributed by atoms with Gasteiger partial charge in [-0.1, -0.05) is 28.1 Å². The normalized spacial score (nSPS) is 10.7. The Hall–Kier alpha value is -1.59. The zero-order chi connectivity index (χ0) is 14.1. The number of hydrogen-bond acceptors (Lipinski definition) is 3. The van der Waals surface area contributed by atoms with Gasteiger partial charge >= 0.3 is 0 Å². The quantitative estimate of drug-likeness (QED) is 0.656. The minimum Gasteiger partial charge on any atom is -0.454 e. The van der Waals surface area contributed by atoms with E-state index in [-0.39, 0.29) is 0 Å². The first-order chi connectivity index (χ1) is 9.63. The van der Waals surface area contributed by atoms with E-state index in [0.717, 1.165) is 25.5 Å². The second-order valence-corrected chi connectivity index (χ2v) is 6.07. The number of aromatic nitrogens is 1. The highest BCUT2D eigenvalue weighted by atomic mass is 79.9. The summed E-state index contributed by atoms with van der Waals surface area (Å²) in [6.45, 7) is 0. The molecule has 0 spiro atoms. The van der Waals surface area contributed by atoms with Crippen molar-refractivity contribution in [3.05, 3.63) is 57.7 Å². The van der Waals surface area contributed by atoms with Crippen LogP contribution in [0.2, 0.25) is 0 Å². The lowest BCUT2D eigenvalue weighted by molar-refractivity contribution is 0.482. The molecule has 20 heavy (non-hydrogen) atoms. The summed E-state index contributed by atoms with van der Waals surface area (Å²) in [6.07, 6.45) is 3.22. The number of anilines is 1. The molecule has 0 saturated carbocycles. The Morgan fingerprint density at radius 2 is 1.70 bits per heavy atom. The molecule has 0 aliphatic rings. The van der Waals surface area contributed by atoms with Crippen molar-refractivity contribution in [3.63, 3.8) is 0 Å². The van der Waals surface area contributed by atoms with Crippen molar-refractivity contribution in [3.8, 4) is 11.5 Å². The van der Waals surface area contributed by atoms with Crippen molar-refractivity contribution in [1.29, 1.82) is 0 Å². The number of rotatable bonds is 2. The van der Waals surface area contributed by atoms with Crippen LogP contribution in [0.1, 0.15) is 0 Å². The first-order valence-electron chi connectivity index (χ1n) is 5.89. The fourth-order valence-corrected chi connectivity index (χ4v) is 2.73. The first kappa shape index (κ1) is 13.4. The lowest BCUT2D eigenvalue weighted by atomic mass is 10.1. The van der Waals surface area contributed by atoms with E-state index < -0.39 is 0 Å². The summed E-state index contributed by atoms with van der Waals surface area (Å²) in [5, 5.41) is 2.25. The lowest BCUT2D eigenvalue weighted by Gasteiger charge is -2.10. The largest absolute Gasteiger partial charge is 0.454 e. The van der Waals surface area contributed by atoms with Gasteiger partial charge in [-0.3, -0.25) is 4.98 Å². The van der Waals surface area contributed by atoms with Crippen molar-refractivity contribution in [1.82, 2.24) is 4.98 Å². The van der Waals surface area contributed by atoms with Crippen molar-refractivity contribution in [2.75, 3.05) is 5.73 Å². The van der Waals surface area contributed by atoms with Crippen molar-refractivity contribution < 1.29 is 4.74 Å². The van der Waals surface area contributed by atoms with Gasteiger partial charge in [-0.05, 0) is 51.0 Å². The second-order valence-electron chi connectivity index (χ2n) is 4.30. The highest BCUT2D eigenvalue weighted by Gasteiger charge is 2.08. The van der Waals surface area contributed by atoms with Crippen LogP contribution in [-0.2, 0) is 0 Å². The first-order valence-corrected chi connectivity index (χ1v) is 7.48. The van der Waals surface area contributed by atoms with Crippen LogP contribution < -0.4 is 10.5 Å². The van der Waals surface area contributed by atoms with E-state index in [1.807, 2.05) is 30.3 Å². The zero-order valence-electron chi connectivity index (χ0n) is 10.3. The average Bonchev–Trinajstić information content (AvgIpc) is 2.43. The fourth-order valence-electron chi connectivity index (χ4n) is 1.92. The van der Waals surface area contributed by atoms with Gasteiger partial charge in [0.15, 0.2) is 5.75 Å². The van der Waals surface area contributed by atoms with Crippen LogP contribution in [0.25, 0.3) is 10.8 Å². The fraction of sp³-hybridized carbons (Fsp3) is 0. The molecule has 2 aromatic carbocycles. The van der Waals surface area contributed by atoms with Crippen LogP contribution in [0.15, 0.2) is 57.7 Å². The molecule has 1 heterocycles. The van der Waals surface area contributed by atoms with Crippen LogP contribution in [-0.4, -0.2) is 4.98 Å². The third-order valence-corrected chi connectivity index (χ3v) is 3.93. The maximum absolute atomic E-state index is 5.88. The van der Waals surface area contributed by atoms with E-state index in [1.165, 1.54) is 0 Å². The van der Waals surface area contributed by atoms with Crippen molar-refractivity contribution >= 4 is 48.3 Å². The molecule has 1 aromatic heterocycles. The topological polar surface area (TPSA) is 48.1 Å². The summed E-state index contributed by atoms with van der Waals surface area (Å²) < 4.78 is 7.64. The monoisotopic (exact) mass is 392 g/mol. The van der Waals surface area contributed by atoms with Crippen molar-refractivity contribution in [2.45, 2.75) is 0 Å². The molecule has 0 atom stereocenters. The summed E-state index contributed by atoms with van der Waals surface area (Å²) >= 11 is 6.85. The average molecular weight is 394 g/mol. The Morgan fingerprint density at radius 3 is 2.50 bits per heavy atom. The molecule has 0 unspecified atom stereocenters. The standard InChI is InChI=1S/C15H10Br2N2O/c16-11-3-1-10-6-12(4-2-9(10)5-11)20-15-13(17)7-19-8-14(15)18/h1-8H,18H2. The van der Waals surface area contributed by atoms with Gasteiger partial charge in [0, 0.05) is 10.7 Å². The van der Waals surface area contributed by atoms with E-state index in [0.29, 0.717) is 11.4 Å². The Morgan fingerprint density at radius 1 is 0.950 bits per heavy atom. The smallest absolute Gasteiger partial charge is 0.167 e. The van der Waals surface area contributed by atoms with E-state index in [2.05, 4.69) is 42.9 Å². The molecular weight excluding hydrogens is 384 g/mol. The Balaban J connectivity index is 2.01. The van der Waals surface area contributed by atoms with E-state index in [1.54, 1.807) is 12.4 Å². The number of nitrogens with two attached hydrogens (primary N) is 1. The van der Waals surface area contributed by atoms with Gasteiger partial charge in [-0.2, -0.15) is 0 Å². The minimum atomic E-state index is 0.496. The molecule has 0 saturated heterocycles. The number of hydrogen-bond donors (Lipinski definition) is 1. The Bertz CT molecular complexity index is 770. The molecule has 2 N–H and O–H groups in total. The SMILES string of the molecule is Nc1cncc(Br)c1Oc1ccc2cc(Br)ccc2c1. The van der Waals surface area contributed by atoms with Gasteiger partial charge in [0.1, 0.15) is 5.75 Å². The molecule has 0 fully saturated rings. The van der Waals surface area contributed by atoms with Gasteiger partial charge in [-0.25, -0.2) is 0 Å². The summed E-state index contributed by atoms with van der Waals surface area (Å²) in [5.41, 5.74) is 6.37. The van der Waals surface area contributed by atoms with Gasteiger partial charge in [-0.15, -0.1) is 0 Å². The van der Waals surface area contributed by atoms with Gasteiger partial charge in [0.2, 0.25) is 0 Å². The number of fused-ring (bicyclic) bond motifs is 1. The molecule has 0 aliphatic carbocycles. The lowest BCUT2D eigenvalue weighted by Crippen LogP contribution is -1.94. The molecule has 3 nitrogen and oxygen atoms in total. The number of pyridine rings is 1. The Kier molecular flexibility index (Phi) is 3.63. The van der Waals surface area contributed by atoms with Gasteiger partial charge in [0.25, 0.3) is 0 Å². The third-order valence-electron chi connectivity index (χ3n) is 2.87. The minimum absolute atomic E-state index is 0.496. The molecule has 0 aliphatic heterocycles. The zero-order valence-corrected chi connectivity index (χ0v) is 13.5. The van der Waals surface area contributed by atoms with Crippen LogP contribution in [0.4, 0.5) is 5.69 Å². The van der Waals surface area contributed by atoms with E-state index in [4.69, 9.17) is 10.5 Å². The number of halogens is 2. The second kappa shape index (κ2) is 5.42. The van der Waals surface area contributed by atoms with Crippen LogP contribution in [0.3, 0.4) is 0 Å². The van der Waals surface area contributed by atoms with Crippen LogP contribution in [0.5, 0.6) is 11.5 Å². The van der Waals surface area contributed by atoms with Crippen LogP contribution >= 0.6 is 31.9 Å². The van der Waals surface area contributed by atoms with Gasteiger partial charge in [0.05, 0.1) is 16.4 Å². The maximum atomic E-state index is 5.88. The molecule has 3 rings (SSSR count). The Labute approximate surface area is 133 Å². The highest BCUT2D eigenvalue weighted by Crippen LogP contribution is 2.35. The van der Waals surface area contributed by atoms with Crippen LogP contribution in [0, 0.1) is 0 Å². The third kappa shape index (κ3) is 2.64. The number of ether oxygens (including phenoxy) is 1. The van der Waals surface area contributed by atoms with E-state index >= 15 is 0 Å². The molecule has 0 bridgehead atoms. The molecule has 100 valence electrons. The molecule has 0 amide bonds. The van der Waals surface area contributed by atoms with Crippen molar-refractivity contribution in [2.24, 2.45) is 0 Å². The van der Waals surface area contributed by atoms with E-state index in [9.17, 15) is 0 Å². The summed E-state index contributed by atoms with van der Waals surface area (Å²) in [4.78, 5) is 3.99. The van der Waals surface area contributed by atoms with Gasteiger partial charge < -0.3 is 10.5 Å². The molecule has 5 heteroatoms. The number of benzene rings is 2. The predicted molar refractivity (Wildman–Crippen MR) is 88.1 cm³/mol. The molecular formula is C15H10Br2N2O. The molecule has 0 radical (unpaired) electrons. The highest BCUT2D eigenvalue weighted by molar-refractivity contribution is 9.10. The predicted octanol–water partition coefficient (Wildman–Crippen LogP) is 5.13. The maximum Gasteiger partial charge on any atom is 0.167 e. The summed E-state index contributed by atoms with van der Waals surface area (Å²) in [6, 6.07) is 12.0. The summed E-state index contributed by atoms with van der Waals surface area (Å²) in [7, 11) is 0. The number of nitrogens with zero attached hydrogens (tertiary/aromatic N) is 1. The molecule has 3 aromatic rings. The summed E-state index contributed by atoms with van der Waals surface area (Å²) in [5.74, 6) is 1.31. The number of nitrogen functional groups attached to an aromatic ring is 1.